The average Bonchev–Trinajstić information content (AvgIpc) is 3.45. The Morgan fingerprint density at radius 1 is 1.00 bits per heavy atom. The fourth-order valence-corrected chi connectivity index (χ4v) is 5.01. The molecule has 0 radical (unpaired) electrons. The lowest BCUT2D eigenvalue weighted by atomic mass is 9.97. The average molecular weight is 468 g/mol. The monoisotopic (exact) mass is 467 g/mol. The maximum absolute atomic E-state index is 13.2. The molecule has 5 rings (SSSR count). The van der Waals surface area contributed by atoms with Gasteiger partial charge in [-0.25, -0.2) is 4.98 Å². The molecule has 0 saturated carbocycles. The van der Waals surface area contributed by atoms with Crippen LogP contribution in [0.25, 0.3) is 11.0 Å². The summed E-state index contributed by atoms with van der Waals surface area (Å²) in [6.07, 6.45) is 1.57. The molecule has 1 amide bonds. The molecule has 2 atom stereocenters. The second kappa shape index (κ2) is 9.95. The maximum atomic E-state index is 13.2. The predicted octanol–water partition coefficient (Wildman–Crippen LogP) is 6.52. The lowest BCUT2D eigenvalue weighted by Crippen LogP contribution is -2.25. The Kier molecular flexibility index (Phi) is 6.58. The van der Waals surface area contributed by atoms with E-state index in [1.807, 2.05) is 42.2 Å². The number of anilines is 1. The molecule has 180 valence electrons. The summed E-state index contributed by atoms with van der Waals surface area (Å²) >= 11 is 0. The third kappa shape index (κ3) is 4.55. The fraction of sp³-hybridized carbons (Fsp3) is 0.333. The Morgan fingerprint density at radius 2 is 1.74 bits per heavy atom. The van der Waals surface area contributed by atoms with Crippen molar-refractivity contribution in [3.05, 3.63) is 89.7 Å². The van der Waals surface area contributed by atoms with E-state index in [9.17, 15) is 4.79 Å². The summed E-state index contributed by atoms with van der Waals surface area (Å²) < 4.78 is 8.10. The Hall–Kier alpha value is -3.60. The maximum Gasteiger partial charge on any atom is 0.227 e. The van der Waals surface area contributed by atoms with Crippen LogP contribution in [0.3, 0.4) is 0 Å². The highest BCUT2D eigenvalue weighted by molar-refractivity contribution is 5.97. The molecule has 2 unspecified atom stereocenters. The van der Waals surface area contributed by atoms with Crippen molar-refractivity contribution < 1.29 is 9.53 Å². The van der Waals surface area contributed by atoms with Crippen LogP contribution < -0.4 is 9.64 Å². The van der Waals surface area contributed by atoms with Crippen LogP contribution in [0, 0.1) is 0 Å². The Bertz CT molecular complexity index is 1330. The first-order valence-electron chi connectivity index (χ1n) is 12.6. The third-order valence-electron chi connectivity index (χ3n) is 7.13. The number of rotatable bonds is 8. The molecule has 0 N–H and O–H groups in total. The van der Waals surface area contributed by atoms with E-state index in [1.54, 1.807) is 0 Å². The minimum Gasteiger partial charge on any atom is -0.492 e. The number of carbonyl (C=O) groups excluding carboxylic acids is 1. The van der Waals surface area contributed by atoms with Crippen LogP contribution in [-0.4, -0.2) is 28.6 Å². The van der Waals surface area contributed by atoms with Gasteiger partial charge in [-0.1, -0.05) is 62.4 Å². The van der Waals surface area contributed by atoms with E-state index in [-0.39, 0.29) is 11.8 Å². The predicted molar refractivity (Wildman–Crippen MR) is 141 cm³/mol. The van der Waals surface area contributed by atoms with Crippen LogP contribution in [-0.2, 0) is 11.3 Å². The number of amides is 1. The number of hydrogen-bond donors (Lipinski definition) is 0. The van der Waals surface area contributed by atoms with Gasteiger partial charge < -0.3 is 14.2 Å². The van der Waals surface area contributed by atoms with Crippen LogP contribution in [0.15, 0.2) is 72.8 Å². The molecule has 1 aliphatic heterocycles. The summed E-state index contributed by atoms with van der Waals surface area (Å²) in [5.41, 5.74) is 5.53. The van der Waals surface area contributed by atoms with E-state index < -0.39 is 0 Å². The van der Waals surface area contributed by atoms with Crippen molar-refractivity contribution in [2.45, 2.75) is 52.0 Å². The van der Waals surface area contributed by atoms with Crippen molar-refractivity contribution in [2.24, 2.45) is 0 Å². The van der Waals surface area contributed by atoms with Gasteiger partial charge in [0.15, 0.2) is 0 Å². The van der Waals surface area contributed by atoms with Gasteiger partial charge in [-0.15, -0.1) is 0 Å². The molecule has 4 aromatic rings. The minimum atomic E-state index is 0.0176. The number of para-hydroxylation sites is 4. The van der Waals surface area contributed by atoms with Crippen LogP contribution >= 0.6 is 0 Å². The summed E-state index contributed by atoms with van der Waals surface area (Å²) in [4.78, 5) is 20.0. The van der Waals surface area contributed by atoms with Gasteiger partial charge in [0.25, 0.3) is 0 Å². The van der Waals surface area contributed by atoms with Gasteiger partial charge in [-0.3, -0.25) is 4.79 Å². The summed E-state index contributed by atoms with van der Waals surface area (Å²) in [6, 6.07) is 25.0. The number of aromatic nitrogens is 2. The third-order valence-corrected chi connectivity index (χ3v) is 7.13. The molecule has 1 fully saturated rings. The van der Waals surface area contributed by atoms with Crippen LogP contribution in [0.5, 0.6) is 5.75 Å². The Morgan fingerprint density at radius 3 is 2.51 bits per heavy atom. The van der Waals surface area contributed by atoms with E-state index in [2.05, 4.69) is 60.9 Å². The highest BCUT2D eigenvalue weighted by atomic mass is 16.5. The highest BCUT2D eigenvalue weighted by Crippen LogP contribution is 2.37. The van der Waals surface area contributed by atoms with E-state index in [4.69, 9.17) is 9.72 Å². The molecule has 1 aromatic heterocycles. The topological polar surface area (TPSA) is 47.4 Å². The molecule has 2 heterocycles. The van der Waals surface area contributed by atoms with Crippen molar-refractivity contribution >= 4 is 22.6 Å². The van der Waals surface area contributed by atoms with Crippen LogP contribution in [0.1, 0.15) is 62.4 Å². The standard InChI is InChI=1S/C30H33N3O2/c1-4-21(3)23-16-14-22(15-17-23)19-33-26-11-7-6-10-25(26)31-30(33)24-18-29(34)32(20-24)27-12-8-9-13-28(27)35-5-2/h6-17,21,24H,4-5,18-20H2,1-3H3. The second-order valence-corrected chi connectivity index (χ2v) is 9.40. The number of nitrogens with zero attached hydrogens (tertiary/aromatic N) is 3. The molecule has 3 aromatic carbocycles. The first-order valence-corrected chi connectivity index (χ1v) is 12.6. The van der Waals surface area contributed by atoms with Crippen molar-refractivity contribution in [3.63, 3.8) is 0 Å². The van der Waals surface area contributed by atoms with Gasteiger partial charge in [-0.05, 0) is 54.7 Å². The lowest BCUT2D eigenvalue weighted by Gasteiger charge is -2.20. The van der Waals surface area contributed by atoms with E-state index in [0.717, 1.165) is 41.3 Å². The van der Waals surface area contributed by atoms with E-state index >= 15 is 0 Å². The summed E-state index contributed by atoms with van der Waals surface area (Å²) in [5.74, 6) is 2.41. The molecule has 1 saturated heterocycles. The van der Waals surface area contributed by atoms with Gasteiger partial charge in [0, 0.05) is 25.4 Å². The second-order valence-electron chi connectivity index (χ2n) is 9.40. The molecular weight excluding hydrogens is 434 g/mol. The number of ether oxygens (including phenoxy) is 1. The van der Waals surface area contributed by atoms with Gasteiger partial charge in [0.1, 0.15) is 11.6 Å². The van der Waals surface area contributed by atoms with Gasteiger partial charge in [0.2, 0.25) is 5.91 Å². The zero-order chi connectivity index (χ0) is 24.4. The summed E-state index contributed by atoms with van der Waals surface area (Å²) in [6.45, 7) is 8.35. The van der Waals surface area contributed by atoms with Crippen molar-refractivity contribution in [1.29, 1.82) is 0 Å². The van der Waals surface area contributed by atoms with E-state index in [0.29, 0.717) is 25.5 Å². The molecule has 0 bridgehead atoms. The van der Waals surface area contributed by atoms with Gasteiger partial charge in [-0.2, -0.15) is 0 Å². The van der Waals surface area contributed by atoms with Crippen molar-refractivity contribution in [2.75, 3.05) is 18.1 Å². The molecule has 0 spiro atoms. The lowest BCUT2D eigenvalue weighted by molar-refractivity contribution is -0.117. The molecule has 5 heteroatoms. The minimum absolute atomic E-state index is 0.0176. The van der Waals surface area contributed by atoms with Gasteiger partial charge >= 0.3 is 0 Å². The number of fused-ring (bicyclic) bond motifs is 1. The summed E-state index contributed by atoms with van der Waals surface area (Å²) in [5, 5.41) is 0. The number of hydrogen-bond acceptors (Lipinski definition) is 3. The largest absolute Gasteiger partial charge is 0.492 e. The summed E-state index contributed by atoms with van der Waals surface area (Å²) in [7, 11) is 0. The number of carbonyl (C=O) groups is 1. The van der Waals surface area contributed by atoms with Crippen LogP contribution in [0.4, 0.5) is 5.69 Å². The smallest absolute Gasteiger partial charge is 0.227 e. The molecule has 35 heavy (non-hydrogen) atoms. The Balaban J connectivity index is 1.47. The first-order chi connectivity index (χ1) is 17.1. The zero-order valence-electron chi connectivity index (χ0n) is 20.8. The number of benzene rings is 3. The highest BCUT2D eigenvalue weighted by Gasteiger charge is 2.36. The Labute approximate surface area is 207 Å². The molecular formula is C30H33N3O2. The van der Waals surface area contributed by atoms with E-state index in [1.165, 1.54) is 11.1 Å². The first kappa shape index (κ1) is 23.2. The fourth-order valence-electron chi connectivity index (χ4n) is 5.01. The van der Waals surface area contributed by atoms with Crippen molar-refractivity contribution in [1.82, 2.24) is 9.55 Å². The molecule has 0 aliphatic carbocycles. The number of imidazole rings is 1. The van der Waals surface area contributed by atoms with Crippen LogP contribution in [0.2, 0.25) is 0 Å². The quantitative estimate of drug-likeness (QED) is 0.296. The van der Waals surface area contributed by atoms with Crippen molar-refractivity contribution in [3.8, 4) is 5.75 Å². The zero-order valence-corrected chi connectivity index (χ0v) is 20.8. The van der Waals surface area contributed by atoms with Gasteiger partial charge in [0.05, 0.1) is 23.3 Å². The molecule has 5 nitrogen and oxygen atoms in total. The normalized spacial score (nSPS) is 16.7. The molecule has 1 aliphatic rings. The SMILES string of the molecule is CCOc1ccccc1N1CC(c2nc3ccccc3n2Cc2ccc(C(C)CC)cc2)CC1=O.